The number of halogens is 2. The predicted molar refractivity (Wildman–Crippen MR) is 85.7 cm³/mol. The molecule has 3 N–H and O–H groups in total. The Morgan fingerprint density at radius 2 is 2.19 bits per heavy atom. The first-order valence-corrected chi connectivity index (χ1v) is 8.68. The van der Waals surface area contributed by atoms with E-state index in [1.54, 1.807) is 17.9 Å². The molecule has 0 unspecified atom stereocenters. The van der Waals surface area contributed by atoms with Crippen LogP contribution in [0.2, 0.25) is 5.02 Å². The highest BCUT2D eigenvalue weighted by Crippen LogP contribution is 2.31. The molecule has 0 saturated heterocycles. The van der Waals surface area contributed by atoms with E-state index in [4.69, 9.17) is 17.3 Å². The van der Waals surface area contributed by atoms with Gasteiger partial charge in [0.1, 0.15) is 0 Å². The Morgan fingerprint density at radius 3 is 2.81 bits per heavy atom. The lowest BCUT2D eigenvalue weighted by atomic mass is 10.3. The molecule has 0 amide bonds. The molecule has 2 rings (SSSR count). The molecule has 0 saturated carbocycles. The van der Waals surface area contributed by atoms with Crippen molar-refractivity contribution in [3.05, 3.63) is 39.6 Å². The van der Waals surface area contributed by atoms with Crippen molar-refractivity contribution < 1.29 is 8.42 Å². The van der Waals surface area contributed by atoms with Gasteiger partial charge in [0, 0.05) is 36.9 Å². The number of nitrogens with one attached hydrogen (secondary N) is 1. The largest absolute Gasteiger partial charge is 0.398 e. The highest BCUT2D eigenvalue weighted by Gasteiger charge is 2.19. The van der Waals surface area contributed by atoms with Gasteiger partial charge in [-0.3, -0.25) is 4.68 Å². The van der Waals surface area contributed by atoms with E-state index in [0.29, 0.717) is 10.9 Å². The van der Waals surface area contributed by atoms with E-state index in [9.17, 15) is 8.42 Å². The zero-order valence-corrected chi connectivity index (χ0v) is 14.3. The van der Waals surface area contributed by atoms with Gasteiger partial charge in [0.25, 0.3) is 0 Å². The highest BCUT2D eigenvalue weighted by atomic mass is 79.9. The number of hydrogen-bond acceptors (Lipinski definition) is 4. The van der Waals surface area contributed by atoms with E-state index >= 15 is 0 Å². The Balaban J connectivity index is 2.12. The Kier molecular flexibility index (Phi) is 4.92. The Morgan fingerprint density at radius 1 is 1.48 bits per heavy atom. The second-order valence-corrected chi connectivity index (χ2v) is 7.40. The van der Waals surface area contributed by atoms with Crippen molar-refractivity contribution in [1.82, 2.24) is 14.5 Å². The van der Waals surface area contributed by atoms with Gasteiger partial charge in [-0.1, -0.05) is 11.6 Å². The minimum absolute atomic E-state index is 0.0218. The van der Waals surface area contributed by atoms with Crippen molar-refractivity contribution in [2.24, 2.45) is 7.05 Å². The molecular weight excluding hydrogens is 380 g/mol. The molecule has 21 heavy (non-hydrogen) atoms. The van der Waals surface area contributed by atoms with Crippen molar-refractivity contribution in [2.45, 2.75) is 11.3 Å². The quantitative estimate of drug-likeness (QED) is 0.760. The molecule has 1 heterocycles. The maximum atomic E-state index is 12.3. The summed E-state index contributed by atoms with van der Waals surface area (Å²) in [6.45, 7) is 0.234. The van der Waals surface area contributed by atoms with Gasteiger partial charge in [-0.15, -0.1) is 0 Å². The van der Waals surface area contributed by atoms with Gasteiger partial charge >= 0.3 is 0 Å². The molecule has 0 fully saturated rings. The summed E-state index contributed by atoms with van der Waals surface area (Å²) in [5, 5.41) is 4.44. The van der Waals surface area contributed by atoms with Crippen molar-refractivity contribution in [3.8, 4) is 0 Å². The number of nitrogens with zero attached hydrogens (tertiary/aromatic N) is 2. The smallest absolute Gasteiger partial charge is 0.241 e. The number of benzene rings is 1. The molecule has 1 aromatic carbocycles. The molecule has 6 nitrogen and oxygen atoms in total. The van der Waals surface area contributed by atoms with E-state index in [1.807, 2.05) is 6.07 Å². The molecule has 0 aliphatic rings. The van der Waals surface area contributed by atoms with Gasteiger partial charge < -0.3 is 5.73 Å². The van der Waals surface area contributed by atoms with E-state index < -0.39 is 10.0 Å². The molecular formula is C12H14BrClN4O2S. The average molecular weight is 394 g/mol. The molecule has 0 spiro atoms. The molecule has 0 bridgehead atoms. The third-order valence-corrected chi connectivity index (χ3v) is 5.61. The standard InChI is InChI=1S/C12H14BrClN4O2S/c1-18-5-3-9(17-18)2-4-16-21(19,20)11-7-8(14)6-10(15)12(11)13/h3,5-7,16H,2,4,15H2,1H3. The van der Waals surface area contributed by atoms with Gasteiger partial charge in [0.05, 0.1) is 15.1 Å². The second-order valence-electron chi connectivity index (χ2n) is 4.44. The minimum atomic E-state index is -3.70. The number of nitrogens with two attached hydrogens (primary N) is 1. The number of anilines is 1. The highest BCUT2D eigenvalue weighted by molar-refractivity contribution is 9.10. The van der Waals surface area contributed by atoms with Crippen LogP contribution in [0.3, 0.4) is 0 Å². The Bertz CT molecular complexity index is 761. The molecule has 0 aliphatic carbocycles. The third kappa shape index (κ3) is 3.97. The van der Waals surface area contributed by atoms with Gasteiger partial charge in [-0.2, -0.15) is 5.10 Å². The van der Waals surface area contributed by atoms with Crippen molar-refractivity contribution >= 4 is 43.2 Å². The molecule has 114 valence electrons. The molecule has 0 aliphatic heterocycles. The zero-order valence-electron chi connectivity index (χ0n) is 11.2. The first-order valence-electron chi connectivity index (χ1n) is 6.02. The number of aryl methyl sites for hydroxylation is 1. The number of sulfonamides is 1. The fourth-order valence-electron chi connectivity index (χ4n) is 1.77. The lowest BCUT2D eigenvalue weighted by molar-refractivity contribution is 0.580. The first kappa shape index (κ1) is 16.3. The van der Waals surface area contributed by atoms with Crippen molar-refractivity contribution in [1.29, 1.82) is 0 Å². The fourth-order valence-corrected chi connectivity index (χ4v) is 4.09. The number of nitrogen functional groups attached to an aromatic ring is 1. The average Bonchev–Trinajstić information content (AvgIpc) is 2.79. The number of aromatic nitrogens is 2. The lowest BCUT2D eigenvalue weighted by Gasteiger charge is -2.10. The summed E-state index contributed by atoms with van der Waals surface area (Å²) < 4.78 is 29.0. The van der Waals surface area contributed by atoms with Crippen LogP contribution in [0.4, 0.5) is 5.69 Å². The molecule has 9 heteroatoms. The predicted octanol–water partition coefficient (Wildman–Crippen LogP) is 1.94. The Labute approximate surface area is 136 Å². The molecule has 0 radical (unpaired) electrons. The minimum Gasteiger partial charge on any atom is -0.398 e. The molecule has 1 aromatic heterocycles. The van der Waals surface area contributed by atoms with Crippen molar-refractivity contribution in [3.63, 3.8) is 0 Å². The monoisotopic (exact) mass is 392 g/mol. The van der Waals surface area contributed by atoms with E-state index in [1.165, 1.54) is 12.1 Å². The fraction of sp³-hybridized carbons (Fsp3) is 0.250. The van der Waals surface area contributed by atoms with Crippen LogP contribution in [-0.2, 0) is 23.5 Å². The van der Waals surface area contributed by atoms with Crippen LogP contribution in [0, 0.1) is 0 Å². The van der Waals surface area contributed by atoms with Crippen molar-refractivity contribution in [2.75, 3.05) is 12.3 Å². The molecule has 0 atom stereocenters. The van der Waals surface area contributed by atoms with E-state index in [0.717, 1.165) is 5.69 Å². The van der Waals surface area contributed by atoms with Crippen LogP contribution in [0.5, 0.6) is 0 Å². The summed E-state index contributed by atoms with van der Waals surface area (Å²) >= 11 is 9.03. The van der Waals surface area contributed by atoms with Gasteiger partial charge in [0.15, 0.2) is 0 Å². The summed E-state index contributed by atoms with van der Waals surface area (Å²) in [5.41, 5.74) is 6.79. The van der Waals surface area contributed by atoms with E-state index in [-0.39, 0.29) is 22.2 Å². The van der Waals surface area contributed by atoms with Crippen LogP contribution >= 0.6 is 27.5 Å². The first-order chi connectivity index (χ1) is 9.79. The zero-order chi connectivity index (χ0) is 15.6. The summed E-state index contributed by atoms with van der Waals surface area (Å²) in [6, 6.07) is 4.67. The normalized spacial score (nSPS) is 11.8. The summed E-state index contributed by atoms with van der Waals surface area (Å²) in [4.78, 5) is 0.0218. The maximum absolute atomic E-state index is 12.3. The van der Waals surface area contributed by atoms with Crippen LogP contribution in [-0.4, -0.2) is 24.7 Å². The number of hydrogen-bond donors (Lipinski definition) is 2. The van der Waals surface area contributed by atoms with Crippen LogP contribution in [0.1, 0.15) is 5.69 Å². The SMILES string of the molecule is Cn1ccc(CCNS(=O)(=O)c2cc(Cl)cc(N)c2Br)n1. The molecule has 2 aromatic rings. The summed E-state index contributed by atoms with van der Waals surface area (Å²) in [7, 11) is -1.89. The van der Waals surface area contributed by atoms with Crippen LogP contribution < -0.4 is 10.5 Å². The topological polar surface area (TPSA) is 90.0 Å². The Hall–Kier alpha value is -1.09. The summed E-state index contributed by atoms with van der Waals surface area (Å²) in [6.07, 6.45) is 2.30. The van der Waals surface area contributed by atoms with Crippen LogP contribution in [0.25, 0.3) is 0 Å². The van der Waals surface area contributed by atoms with Gasteiger partial charge in [-0.25, -0.2) is 13.1 Å². The second kappa shape index (κ2) is 6.35. The van der Waals surface area contributed by atoms with Gasteiger partial charge in [-0.05, 0) is 34.1 Å². The maximum Gasteiger partial charge on any atom is 0.241 e. The van der Waals surface area contributed by atoms with Gasteiger partial charge in [0.2, 0.25) is 10.0 Å². The summed E-state index contributed by atoms with van der Waals surface area (Å²) in [5.74, 6) is 0. The third-order valence-electron chi connectivity index (χ3n) is 2.76. The van der Waals surface area contributed by atoms with Crippen LogP contribution in [0.15, 0.2) is 33.8 Å². The lowest BCUT2D eigenvalue weighted by Crippen LogP contribution is -2.26. The van der Waals surface area contributed by atoms with E-state index in [2.05, 4.69) is 25.8 Å². The number of rotatable bonds is 5.